The van der Waals surface area contributed by atoms with E-state index < -0.39 is 11.7 Å². The fourth-order valence-electron chi connectivity index (χ4n) is 9.99. The van der Waals surface area contributed by atoms with Gasteiger partial charge >= 0.3 is 11.7 Å². The van der Waals surface area contributed by atoms with Gasteiger partial charge in [-0.3, -0.25) is 0 Å². The van der Waals surface area contributed by atoms with Gasteiger partial charge in [-0.05, 0) is 104 Å². The molecule has 6 rings (SSSR count). The third kappa shape index (κ3) is 3.52. The van der Waals surface area contributed by atoms with Gasteiger partial charge in [0.2, 0.25) is 0 Å². The summed E-state index contributed by atoms with van der Waals surface area (Å²) in [5.74, 6) is 2.27. The van der Waals surface area contributed by atoms with E-state index in [0.717, 1.165) is 57.1 Å². The maximum atomic E-state index is 12.4. The van der Waals surface area contributed by atoms with Crippen molar-refractivity contribution in [1.82, 2.24) is 10.2 Å². The number of carboxylic acid groups (broad SMARTS) is 1. The van der Waals surface area contributed by atoms with Crippen LogP contribution in [0.5, 0.6) is 0 Å². The number of hydrogen-bond donors (Lipinski definition) is 3. The van der Waals surface area contributed by atoms with Crippen molar-refractivity contribution in [3.63, 3.8) is 0 Å². The first-order chi connectivity index (χ1) is 17.2. The van der Waals surface area contributed by atoms with Crippen molar-refractivity contribution in [2.75, 3.05) is 19.6 Å². The summed E-state index contributed by atoms with van der Waals surface area (Å²) in [5, 5.41) is 25.6. The van der Waals surface area contributed by atoms with Gasteiger partial charge < -0.3 is 24.8 Å². The molecule has 7 nitrogen and oxygen atoms in total. The molecule has 198 valence electrons. The number of amides is 1. The lowest BCUT2D eigenvalue weighted by atomic mass is 9.42. The van der Waals surface area contributed by atoms with Gasteiger partial charge in [-0.2, -0.15) is 0 Å². The zero-order valence-corrected chi connectivity index (χ0v) is 21.7. The molecule has 5 aliphatic rings. The summed E-state index contributed by atoms with van der Waals surface area (Å²) in [6.07, 6.45) is 10.5. The second-order valence-corrected chi connectivity index (χ2v) is 13.2. The third-order valence-electron chi connectivity index (χ3n) is 12.1. The maximum Gasteiger partial charge on any atom is 0.407 e. The normalized spacial score (nSPS) is 46.5. The zero-order valence-electron chi connectivity index (χ0n) is 21.7. The molecule has 4 aliphatic carbocycles. The first-order valence-electron chi connectivity index (χ1n) is 14.2. The molecule has 5 fully saturated rings. The highest BCUT2D eigenvalue weighted by atomic mass is 16.4. The molecule has 7 heteroatoms. The fourth-order valence-corrected chi connectivity index (χ4v) is 9.99. The van der Waals surface area contributed by atoms with E-state index in [9.17, 15) is 19.8 Å². The summed E-state index contributed by atoms with van der Waals surface area (Å²) in [6, 6.07) is 3.69. The summed E-state index contributed by atoms with van der Waals surface area (Å²) < 4.78 is 5.22. The van der Waals surface area contributed by atoms with E-state index in [1.165, 1.54) is 18.9 Å². The number of carbonyl (C=O) groups is 1. The molecule has 1 aromatic heterocycles. The van der Waals surface area contributed by atoms with Crippen molar-refractivity contribution in [3.8, 4) is 0 Å². The van der Waals surface area contributed by atoms with Gasteiger partial charge in [0.25, 0.3) is 0 Å². The van der Waals surface area contributed by atoms with E-state index in [1.54, 1.807) is 11.2 Å². The van der Waals surface area contributed by atoms with Crippen LogP contribution in [0.1, 0.15) is 83.1 Å². The van der Waals surface area contributed by atoms with E-state index in [4.69, 9.17) is 4.42 Å². The molecule has 1 aliphatic heterocycles. The molecule has 0 bridgehead atoms. The van der Waals surface area contributed by atoms with Crippen LogP contribution in [0, 0.1) is 34.5 Å². The highest BCUT2D eigenvalue weighted by Gasteiger charge is 2.67. The molecule has 1 aromatic rings. The lowest BCUT2D eigenvalue weighted by Crippen LogP contribution is -2.62. The van der Waals surface area contributed by atoms with Crippen LogP contribution in [-0.2, 0) is 0 Å². The molecule has 1 amide bonds. The van der Waals surface area contributed by atoms with E-state index in [-0.39, 0.29) is 28.4 Å². The fraction of sp³-hybridized carbons (Fsp3) is 0.793. The summed E-state index contributed by atoms with van der Waals surface area (Å²) >= 11 is 0. The van der Waals surface area contributed by atoms with Gasteiger partial charge in [0, 0.05) is 37.2 Å². The van der Waals surface area contributed by atoms with Crippen molar-refractivity contribution >= 4 is 6.09 Å². The lowest BCUT2D eigenvalue weighted by Gasteiger charge is -2.64. The second-order valence-electron chi connectivity index (χ2n) is 13.2. The molecule has 9 atom stereocenters. The number of nitrogens with one attached hydrogen (secondary N) is 1. The van der Waals surface area contributed by atoms with Gasteiger partial charge in [0.1, 0.15) is 0 Å². The average molecular weight is 499 g/mol. The smallest absolute Gasteiger partial charge is 0.407 e. The van der Waals surface area contributed by atoms with E-state index in [0.29, 0.717) is 36.8 Å². The predicted octanol–water partition coefficient (Wildman–Crippen LogP) is 4.45. The Labute approximate surface area is 213 Å². The molecule has 0 radical (unpaired) electrons. The largest absolute Gasteiger partial charge is 0.465 e. The van der Waals surface area contributed by atoms with E-state index in [2.05, 4.69) is 19.2 Å². The minimum absolute atomic E-state index is 0.194. The highest BCUT2D eigenvalue weighted by molar-refractivity contribution is 5.65. The molecule has 0 aromatic carbocycles. The Morgan fingerprint density at radius 3 is 2.67 bits per heavy atom. The number of rotatable bonds is 2. The molecule has 0 spiro atoms. The van der Waals surface area contributed by atoms with Crippen LogP contribution in [0.25, 0.3) is 0 Å². The Morgan fingerprint density at radius 1 is 1.08 bits per heavy atom. The number of nitrogens with zero attached hydrogens (tertiary/aromatic N) is 1. The molecule has 36 heavy (non-hydrogen) atoms. The Morgan fingerprint density at radius 2 is 1.92 bits per heavy atom. The Kier molecular flexibility index (Phi) is 5.84. The maximum absolute atomic E-state index is 12.4. The standard InChI is InChI=1S/C29H42N2O5/c1-27-10-7-18(24-16-31(26(33)34)14-13-30-24)15-20(27)4-5-23-22(27)8-11-28(2)21(9-12-29(23,28)35)19-3-6-25(32)36-17-19/h3,6,17-18,20-24,30,35H,4-5,7-16H2,1-2H3,(H,33,34)/t18?,20-,21-,22+,23-,24-,27+,28-,29+/m1/s1. The average Bonchev–Trinajstić information content (AvgIpc) is 3.15. The van der Waals surface area contributed by atoms with Gasteiger partial charge in [-0.25, -0.2) is 9.59 Å². The topological polar surface area (TPSA) is 103 Å². The van der Waals surface area contributed by atoms with Gasteiger partial charge in [-0.15, -0.1) is 0 Å². The third-order valence-corrected chi connectivity index (χ3v) is 12.1. The summed E-state index contributed by atoms with van der Waals surface area (Å²) in [7, 11) is 0. The minimum atomic E-state index is -0.798. The molecule has 3 N–H and O–H groups in total. The van der Waals surface area contributed by atoms with Crippen molar-refractivity contribution in [1.29, 1.82) is 0 Å². The van der Waals surface area contributed by atoms with E-state index in [1.807, 2.05) is 6.07 Å². The van der Waals surface area contributed by atoms with Crippen LogP contribution in [0.4, 0.5) is 4.79 Å². The SMILES string of the molecule is C[C@]12CCC([C@H]3CN(C(=O)O)CCN3)C[C@H]1CC[C@@H]1[C@@H]2CC[C@]2(C)[C@@H](c3ccc(=O)oc3)CC[C@]12O. The summed E-state index contributed by atoms with van der Waals surface area (Å²) in [4.78, 5) is 24.7. The number of hydrogen-bond acceptors (Lipinski definition) is 5. The summed E-state index contributed by atoms with van der Waals surface area (Å²) in [5.41, 5.74) is 0.119. The molecular weight excluding hydrogens is 456 g/mol. The predicted molar refractivity (Wildman–Crippen MR) is 136 cm³/mol. The van der Waals surface area contributed by atoms with E-state index >= 15 is 0 Å². The van der Waals surface area contributed by atoms with Crippen molar-refractivity contribution in [2.45, 2.75) is 89.2 Å². The molecule has 2 heterocycles. The van der Waals surface area contributed by atoms with Gasteiger partial charge in [-0.1, -0.05) is 13.8 Å². The Balaban J connectivity index is 1.20. The number of fused-ring (bicyclic) bond motifs is 5. The molecule has 1 unspecified atom stereocenters. The quantitative estimate of drug-likeness (QED) is 0.557. The Bertz CT molecular complexity index is 1050. The van der Waals surface area contributed by atoms with Crippen LogP contribution in [0.15, 0.2) is 27.6 Å². The van der Waals surface area contributed by atoms with Crippen LogP contribution in [0.2, 0.25) is 0 Å². The highest BCUT2D eigenvalue weighted by Crippen LogP contribution is 2.70. The van der Waals surface area contributed by atoms with Crippen LogP contribution >= 0.6 is 0 Å². The van der Waals surface area contributed by atoms with Crippen molar-refractivity contribution in [2.24, 2.45) is 34.5 Å². The van der Waals surface area contributed by atoms with Gasteiger partial charge in [0.15, 0.2) is 0 Å². The zero-order chi connectivity index (χ0) is 25.3. The first-order valence-corrected chi connectivity index (χ1v) is 14.2. The van der Waals surface area contributed by atoms with Crippen LogP contribution in [-0.4, -0.2) is 52.5 Å². The van der Waals surface area contributed by atoms with Crippen molar-refractivity contribution in [3.05, 3.63) is 34.4 Å². The number of aliphatic hydroxyl groups is 1. The van der Waals surface area contributed by atoms with Gasteiger partial charge in [0.05, 0.1) is 11.9 Å². The molecule has 4 saturated carbocycles. The second kappa shape index (κ2) is 8.59. The van der Waals surface area contributed by atoms with Crippen LogP contribution in [0.3, 0.4) is 0 Å². The number of piperazine rings is 1. The molecule has 1 saturated heterocycles. The van der Waals surface area contributed by atoms with Crippen LogP contribution < -0.4 is 10.9 Å². The lowest BCUT2D eigenvalue weighted by molar-refractivity contribution is -0.204. The van der Waals surface area contributed by atoms with Crippen molar-refractivity contribution < 1.29 is 19.4 Å². The minimum Gasteiger partial charge on any atom is -0.465 e. The summed E-state index contributed by atoms with van der Waals surface area (Å²) in [6.45, 7) is 6.73. The monoisotopic (exact) mass is 498 g/mol. The first kappa shape index (κ1) is 24.5. The Hall–Kier alpha value is -1.86. The molecular formula is C29H42N2O5.